The highest BCUT2D eigenvalue weighted by molar-refractivity contribution is 5.92. The Kier molecular flexibility index (Phi) is 3.99. The number of anilines is 1. The molecule has 2 N–H and O–H groups in total. The van der Waals surface area contributed by atoms with E-state index in [1.807, 2.05) is 25.7 Å². The Labute approximate surface area is 155 Å². The fraction of sp³-hybridized carbons (Fsp3) is 0.526. The summed E-state index contributed by atoms with van der Waals surface area (Å²) < 4.78 is 16.6. The summed E-state index contributed by atoms with van der Waals surface area (Å²) in [5.74, 6) is -1.68. The zero-order valence-corrected chi connectivity index (χ0v) is 15.6. The van der Waals surface area contributed by atoms with Crippen molar-refractivity contribution < 1.29 is 14.3 Å². The number of hydrogen-bond acceptors (Lipinski definition) is 5. The molecule has 2 bridgehead atoms. The van der Waals surface area contributed by atoms with E-state index in [9.17, 15) is 19.1 Å². The van der Waals surface area contributed by atoms with E-state index in [-0.39, 0.29) is 22.8 Å². The van der Waals surface area contributed by atoms with Gasteiger partial charge in [-0.2, -0.15) is 0 Å². The summed E-state index contributed by atoms with van der Waals surface area (Å²) >= 11 is 0. The van der Waals surface area contributed by atoms with Gasteiger partial charge in [0.2, 0.25) is 5.43 Å². The van der Waals surface area contributed by atoms with Crippen LogP contribution in [0, 0.1) is 5.82 Å². The molecule has 3 fully saturated rings. The predicted molar refractivity (Wildman–Crippen MR) is 100 cm³/mol. The molecule has 2 atom stereocenters. The van der Waals surface area contributed by atoms with Crippen molar-refractivity contribution in [2.45, 2.75) is 51.2 Å². The number of carbonyl (C=O) groups is 1. The average Bonchev–Trinajstić information content (AvgIpc) is 2.61. The summed E-state index contributed by atoms with van der Waals surface area (Å²) in [7, 11) is 0. The first-order valence-corrected chi connectivity index (χ1v) is 9.16. The minimum Gasteiger partial charge on any atom is -0.477 e. The van der Waals surface area contributed by atoms with Gasteiger partial charge in [-0.15, -0.1) is 0 Å². The molecule has 144 valence electrons. The van der Waals surface area contributed by atoms with Crippen LogP contribution in [0.3, 0.4) is 0 Å². The Morgan fingerprint density at radius 2 is 2.11 bits per heavy atom. The van der Waals surface area contributed by atoms with Gasteiger partial charge in [-0.25, -0.2) is 14.2 Å². The van der Waals surface area contributed by atoms with Crippen molar-refractivity contribution in [3.8, 4) is 0 Å². The molecule has 0 unspecified atom stereocenters. The van der Waals surface area contributed by atoms with Crippen molar-refractivity contribution in [3.63, 3.8) is 0 Å². The smallest absolute Gasteiger partial charge is 0.341 e. The molecule has 2 aromatic rings. The maximum Gasteiger partial charge on any atom is 0.341 e. The maximum atomic E-state index is 14.9. The number of nitrogens with zero attached hydrogens (tertiary/aromatic N) is 3. The van der Waals surface area contributed by atoms with Crippen LogP contribution in [0.5, 0.6) is 0 Å². The fourth-order valence-corrected chi connectivity index (χ4v) is 4.05. The van der Waals surface area contributed by atoms with Crippen molar-refractivity contribution in [1.82, 2.24) is 14.9 Å². The van der Waals surface area contributed by atoms with Gasteiger partial charge >= 0.3 is 5.97 Å². The normalized spacial score (nSPS) is 22.4. The van der Waals surface area contributed by atoms with Crippen LogP contribution < -0.4 is 15.6 Å². The summed E-state index contributed by atoms with van der Waals surface area (Å²) in [6.07, 6.45) is 3.34. The number of aromatic nitrogens is 2. The van der Waals surface area contributed by atoms with Gasteiger partial charge in [-0.1, -0.05) is 0 Å². The van der Waals surface area contributed by atoms with Gasteiger partial charge in [0.15, 0.2) is 11.6 Å². The lowest BCUT2D eigenvalue weighted by Gasteiger charge is -2.46. The first kappa shape index (κ1) is 17.9. The highest BCUT2D eigenvalue weighted by Crippen LogP contribution is 2.31. The number of piperazine rings is 1. The predicted octanol–water partition coefficient (Wildman–Crippen LogP) is 1.93. The molecule has 0 aromatic carbocycles. The van der Waals surface area contributed by atoms with E-state index in [0.29, 0.717) is 18.2 Å². The molecule has 27 heavy (non-hydrogen) atoms. The van der Waals surface area contributed by atoms with Gasteiger partial charge in [0.1, 0.15) is 11.2 Å². The average molecular weight is 374 g/mol. The quantitative estimate of drug-likeness (QED) is 0.835. The lowest BCUT2D eigenvalue weighted by Crippen LogP contribution is -2.61. The van der Waals surface area contributed by atoms with Crippen LogP contribution in [-0.2, 0) is 5.54 Å². The zero-order valence-electron chi connectivity index (χ0n) is 15.6. The van der Waals surface area contributed by atoms with Crippen LogP contribution in [0.25, 0.3) is 11.0 Å². The molecule has 5 rings (SSSR count). The number of fused-ring (bicyclic) bond motifs is 4. The summed E-state index contributed by atoms with van der Waals surface area (Å²) in [5, 5.41) is 12.8. The van der Waals surface area contributed by atoms with Crippen LogP contribution in [0.15, 0.2) is 17.1 Å². The van der Waals surface area contributed by atoms with Crippen molar-refractivity contribution in [2.24, 2.45) is 0 Å². The first-order chi connectivity index (χ1) is 12.7. The number of rotatable bonds is 2. The van der Waals surface area contributed by atoms with Crippen molar-refractivity contribution in [3.05, 3.63) is 33.9 Å². The Balaban J connectivity index is 1.97. The molecular weight excluding hydrogens is 351 g/mol. The number of nitrogens with one attached hydrogen (secondary N) is 1. The third-order valence-corrected chi connectivity index (χ3v) is 5.49. The third kappa shape index (κ3) is 2.88. The van der Waals surface area contributed by atoms with Crippen LogP contribution in [0.4, 0.5) is 10.2 Å². The molecule has 8 heteroatoms. The summed E-state index contributed by atoms with van der Waals surface area (Å²) in [5.41, 5.74) is -1.31. The van der Waals surface area contributed by atoms with Gasteiger partial charge < -0.3 is 19.9 Å². The Morgan fingerprint density at radius 3 is 2.63 bits per heavy atom. The molecule has 0 saturated carbocycles. The molecule has 0 amide bonds. The highest BCUT2D eigenvalue weighted by Gasteiger charge is 2.36. The van der Waals surface area contributed by atoms with E-state index in [0.717, 1.165) is 25.5 Å². The topological polar surface area (TPSA) is 87.5 Å². The van der Waals surface area contributed by atoms with Gasteiger partial charge in [0, 0.05) is 36.9 Å². The number of pyridine rings is 2. The summed E-state index contributed by atoms with van der Waals surface area (Å²) in [4.78, 5) is 30.6. The van der Waals surface area contributed by atoms with E-state index in [2.05, 4.69) is 10.3 Å². The number of carboxylic acids is 1. The second-order valence-electron chi connectivity index (χ2n) is 8.37. The standard InChI is InChI=1S/C19H23FN4O3/c1-19(2,3)24-9-13(18(26)27)15(25)12-6-14(20)17(22-16(12)24)23-8-10-4-5-11(23)7-21-10/h6,9-11,21H,4-5,7-8H2,1-3H3,(H,26,27)/t10-,11-/m0/s1. The minimum atomic E-state index is -1.33. The van der Waals surface area contributed by atoms with Gasteiger partial charge in [0.25, 0.3) is 0 Å². The summed E-state index contributed by atoms with van der Waals surface area (Å²) in [6, 6.07) is 1.62. The molecule has 0 radical (unpaired) electrons. The van der Waals surface area contributed by atoms with Crippen molar-refractivity contribution in [2.75, 3.05) is 18.0 Å². The molecule has 3 aliphatic heterocycles. The van der Waals surface area contributed by atoms with E-state index in [1.165, 1.54) is 6.20 Å². The summed E-state index contributed by atoms with van der Waals surface area (Å²) in [6.45, 7) is 7.13. The highest BCUT2D eigenvalue weighted by atomic mass is 19.1. The number of carboxylic acid groups (broad SMARTS) is 1. The largest absolute Gasteiger partial charge is 0.477 e. The SMILES string of the molecule is CC(C)(C)n1cc(C(=O)O)c(=O)c2cc(F)c(N3C[C@@H]4CC[C@H]3CN4)nc21. The molecule has 5 heterocycles. The van der Waals surface area contributed by atoms with Crippen molar-refractivity contribution in [1.29, 1.82) is 0 Å². The second kappa shape index (κ2) is 6.02. The molecule has 7 nitrogen and oxygen atoms in total. The Morgan fingerprint density at radius 1 is 1.37 bits per heavy atom. The van der Waals surface area contributed by atoms with Gasteiger partial charge in [-0.05, 0) is 39.7 Å². The Bertz CT molecular complexity index is 987. The lowest BCUT2D eigenvalue weighted by atomic mass is 9.93. The Hall–Kier alpha value is -2.48. The van der Waals surface area contributed by atoms with Gasteiger partial charge in [0.05, 0.1) is 5.39 Å². The molecule has 3 aliphatic rings. The van der Waals surface area contributed by atoms with E-state index in [4.69, 9.17) is 0 Å². The lowest BCUT2D eigenvalue weighted by molar-refractivity contribution is 0.0694. The van der Waals surface area contributed by atoms with Crippen LogP contribution in [0.2, 0.25) is 0 Å². The van der Waals surface area contributed by atoms with E-state index >= 15 is 0 Å². The van der Waals surface area contributed by atoms with Crippen LogP contribution in [0.1, 0.15) is 44.0 Å². The molecule has 2 aromatic heterocycles. The number of aromatic carboxylic acids is 1. The molecule has 3 saturated heterocycles. The van der Waals surface area contributed by atoms with Crippen molar-refractivity contribution >= 4 is 22.8 Å². The number of halogens is 1. The maximum absolute atomic E-state index is 14.9. The molecular formula is C19H23FN4O3. The zero-order chi connectivity index (χ0) is 19.5. The van der Waals surface area contributed by atoms with Crippen LogP contribution >= 0.6 is 0 Å². The third-order valence-electron chi connectivity index (χ3n) is 5.49. The number of piperidine rings is 2. The monoisotopic (exact) mass is 374 g/mol. The molecule has 0 spiro atoms. The van der Waals surface area contributed by atoms with Crippen LogP contribution in [-0.4, -0.2) is 45.8 Å². The minimum absolute atomic E-state index is 0.00799. The fourth-order valence-electron chi connectivity index (χ4n) is 4.05. The van der Waals surface area contributed by atoms with E-state index < -0.39 is 22.8 Å². The van der Waals surface area contributed by atoms with E-state index in [1.54, 1.807) is 4.57 Å². The number of hydrogen-bond donors (Lipinski definition) is 2. The second-order valence-corrected chi connectivity index (χ2v) is 8.37. The first-order valence-electron chi connectivity index (χ1n) is 9.16. The van der Waals surface area contributed by atoms with Gasteiger partial charge in [-0.3, -0.25) is 4.79 Å². The molecule has 0 aliphatic carbocycles.